The lowest BCUT2D eigenvalue weighted by atomic mass is 10.0. The molecule has 1 aromatic carbocycles. The van der Waals surface area contributed by atoms with Crippen molar-refractivity contribution in [1.82, 2.24) is 14.9 Å². The van der Waals surface area contributed by atoms with Crippen molar-refractivity contribution in [2.45, 2.75) is 26.7 Å². The molecule has 0 unspecified atom stereocenters. The minimum atomic E-state index is -0.137. The highest BCUT2D eigenvalue weighted by molar-refractivity contribution is 5.97. The van der Waals surface area contributed by atoms with Gasteiger partial charge >= 0.3 is 0 Å². The molecule has 7 nitrogen and oxygen atoms in total. The molecule has 1 saturated heterocycles. The molecular weight excluding hydrogens is 354 g/mol. The van der Waals surface area contributed by atoms with Crippen molar-refractivity contribution in [2.75, 3.05) is 42.5 Å². The molecule has 28 heavy (non-hydrogen) atoms. The highest BCUT2D eigenvalue weighted by Crippen LogP contribution is 2.20. The van der Waals surface area contributed by atoms with Crippen LogP contribution < -0.4 is 9.80 Å². The highest BCUT2D eigenvalue weighted by Gasteiger charge is 2.25. The summed E-state index contributed by atoms with van der Waals surface area (Å²) >= 11 is 0. The van der Waals surface area contributed by atoms with Crippen molar-refractivity contribution >= 4 is 23.5 Å². The molecule has 2 heterocycles. The van der Waals surface area contributed by atoms with E-state index in [1.807, 2.05) is 24.3 Å². The molecule has 2 amide bonds. The summed E-state index contributed by atoms with van der Waals surface area (Å²) in [6, 6.07) is 9.63. The fourth-order valence-corrected chi connectivity index (χ4v) is 3.27. The number of hydrogen-bond donors (Lipinski definition) is 0. The van der Waals surface area contributed by atoms with E-state index in [1.54, 1.807) is 28.3 Å². The van der Waals surface area contributed by atoms with Crippen molar-refractivity contribution in [1.29, 1.82) is 0 Å². The number of anilines is 2. The average Bonchev–Trinajstić information content (AvgIpc) is 2.72. The predicted molar refractivity (Wildman–Crippen MR) is 109 cm³/mol. The van der Waals surface area contributed by atoms with Gasteiger partial charge in [0, 0.05) is 51.2 Å². The maximum atomic E-state index is 12.8. The molecule has 0 atom stereocenters. The molecule has 0 radical (unpaired) electrons. The summed E-state index contributed by atoms with van der Waals surface area (Å²) < 4.78 is 0. The van der Waals surface area contributed by atoms with E-state index in [0.29, 0.717) is 38.0 Å². The van der Waals surface area contributed by atoms with Gasteiger partial charge in [-0.15, -0.1) is 0 Å². The molecule has 7 heteroatoms. The molecule has 1 fully saturated rings. The zero-order valence-electron chi connectivity index (χ0n) is 16.7. The Kier molecular flexibility index (Phi) is 6.23. The lowest BCUT2D eigenvalue weighted by molar-refractivity contribution is -0.131. The minimum Gasteiger partial charge on any atom is -0.338 e. The Bertz CT molecular complexity index is 799. The van der Waals surface area contributed by atoms with E-state index in [1.165, 1.54) is 12.5 Å². The Morgan fingerprint density at radius 1 is 1.04 bits per heavy atom. The summed E-state index contributed by atoms with van der Waals surface area (Å²) in [5, 5.41) is 0. The SMILES string of the molecule is CC(=O)N(CC(=O)N1CCN(c2ncccn2)CC1)c1ccc(C(C)C)cc1. The van der Waals surface area contributed by atoms with Crippen LogP contribution >= 0.6 is 0 Å². The number of carbonyl (C=O) groups is 2. The molecule has 0 spiro atoms. The third-order valence-electron chi connectivity index (χ3n) is 5.01. The normalized spacial score (nSPS) is 14.3. The number of nitrogens with zero attached hydrogens (tertiary/aromatic N) is 5. The molecule has 0 saturated carbocycles. The fraction of sp³-hybridized carbons (Fsp3) is 0.429. The van der Waals surface area contributed by atoms with Gasteiger partial charge in [-0.1, -0.05) is 26.0 Å². The Labute approximate surface area is 166 Å². The van der Waals surface area contributed by atoms with Gasteiger partial charge in [-0.3, -0.25) is 9.59 Å². The largest absolute Gasteiger partial charge is 0.338 e. The van der Waals surface area contributed by atoms with Crippen LogP contribution in [-0.2, 0) is 9.59 Å². The first kappa shape index (κ1) is 19.8. The lowest BCUT2D eigenvalue weighted by Crippen LogP contribution is -2.52. The van der Waals surface area contributed by atoms with Crippen LogP contribution in [0.2, 0.25) is 0 Å². The Balaban J connectivity index is 1.61. The number of hydrogen-bond acceptors (Lipinski definition) is 5. The topological polar surface area (TPSA) is 69.6 Å². The third kappa shape index (κ3) is 4.65. The van der Waals surface area contributed by atoms with Gasteiger partial charge in [-0.2, -0.15) is 0 Å². The van der Waals surface area contributed by atoms with Crippen LogP contribution in [0.3, 0.4) is 0 Å². The first-order chi connectivity index (χ1) is 13.5. The monoisotopic (exact) mass is 381 g/mol. The van der Waals surface area contributed by atoms with Crippen LogP contribution in [0, 0.1) is 0 Å². The van der Waals surface area contributed by atoms with Gasteiger partial charge in [0.1, 0.15) is 6.54 Å². The molecule has 0 aliphatic carbocycles. The van der Waals surface area contributed by atoms with Crippen LogP contribution in [0.1, 0.15) is 32.3 Å². The average molecular weight is 381 g/mol. The number of carbonyl (C=O) groups excluding carboxylic acids is 2. The molecule has 148 valence electrons. The molecule has 1 aromatic heterocycles. The van der Waals surface area contributed by atoms with Gasteiger partial charge in [-0.05, 0) is 29.7 Å². The molecular formula is C21H27N5O2. The number of aromatic nitrogens is 2. The Morgan fingerprint density at radius 2 is 1.64 bits per heavy atom. The van der Waals surface area contributed by atoms with E-state index in [4.69, 9.17) is 0 Å². The zero-order valence-corrected chi connectivity index (χ0v) is 16.7. The van der Waals surface area contributed by atoms with Crippen LogP contribution in [-0.4, -0.2) is 59.4 Å². The van der Waals surface area contributed by atoms with Gasteiger partial charge in [0.15, 0.2) is 0 Å². The molecule has 3 rings (SSSR count). The lowest BCUT2D eigenvalue weighted by Gasteiger charge is -2.35. The summed E-state index contributed by atoms with van der Waals surface area (Å²) in [5.74, 6) is 0.926. The van der Waals surface area contributed by atoms with Crippen molar-refractivity contribution < 1.29 is 9.59 Å². The summed E-state index contributed by atoms with van der Waals surface area (Å²) in [4.78, 5) is 38.9. The minimum absolute atomic E-state index is 0.0447. The first-order valence-corrected chi connectivity index (χ1v) is 9.63. The van der Waals surface area contributed by atoms with Gasteiger partial charge < -0.3 is 14.7 Å². The smallest absolute Gasteiger partial charge is 0.242 e. The molecule has 2 aromatic rings. The second-order valence-corrected chi connectivity index (χ2v) is 7.27. The van der Waals surface area contributed by atoms with Crippen LogP contribution in [0.5, 0.6) is 0 Å². The van der Waals surface area contributed by atoms with Crippen molar-refractivity contribution in [2.24, 2.45) is 0 Å². The maximum absolute atomic E-state index is 12.8. The van der Waals surface area contributed by atoms with E-state index in [2.05, 4.69) is 28.7 Å². The second kappa shape index (κ2) is 8.82. The van der Waals surface area contributed by atoms with Gasteiger partial charge in [0.25, 0.3) is 0 Å². The summed E-state index contributed by atoms with van der Waals surface area (Å²) in [5.41, 5.74) is 1.96. The maximum Gasteiger partial charge on any atom is 0.242 e. The molecule has 1 aliphatic heterocycles. The van der Waals surface area contributed by atoms with E-state index >= 15 is 0 Å². The quantitative estimate of drug-likeness (QED) is 0.795. The number of piperazine rings is 1. The van der Waals surface area contributed by atoms with E-state index < -0.39 is 0 Å². The predicted octanol–water partition coefficient (Wildman–Crippen LogP) is 2.30. The second-order valence-electron chi connectivity index (χ2n) is 7.27. The Morgan fingerprint density at radius 3 is 2.18 bits per heavy atom. The van der Waals surface area contributed by atoms with Crippen molar-refractivity contribution in [3.63, 3.8) is 0 Å². The summed E-state index contributed by atoms with van der Waals surface area (Å²) in [6.07, 6.45) is 3.43. The summed E-state index contributed by atoms with van der Waals surface area (Å²) in [7, 11) is 0. The Hall–Kier alpha value is -2.96. The van der Waals surface area contributed by atoms with Crippen molar-refractivity contribution in [3.8, 4) is 0 Å². The molecule has 0 bridgehead atoms. The van der Waals surface area contributed by atoms with Crippen LogP contribution in [0.4, 0.5) is 11.6 Å². The van der Waals surface area contributed by atoms with E-state index in [9.17, 15) is 9.59 Å². The highest BCUT2D eigenvalue weighted by atomic mass is 16.2. The third-order valence-corrected chi connectivity index (χ3v) is 5.01. The number of rotatable bonds is 5. The number of amides is 2. The summed E-state index contributed by atoms with van der Waals surface area (Å²) in [6.45, 7) is 8.34. The standard InChI is InChI=1S/C21H27N5O2/c1-16(2)18-5-7-19(8-6-18)26(17(3)27)15-20(28)24-11-13-25(14-12-24)21-22-9-4-10-23-21/h4-10,16H,11-15H2,1-3H3. The van der Waals surface area contributed by atoms with E-state index in [0.717, 1.165) is 5.69 Å². The number of benzene rings is 1. The first-order valence-electron chi connectivity index (χ1n) is 9.63. The van der Waals surface area contributed by atoms with Gasteiger partial charge in [0.05, 0.1) is 0 Å². The van der Waals surface area contributed by atoms with Gasteiger partial charge in [-0.25, -0.2) is 9.97 Å². The molecule has 0 N–H and O–H groups in total. The van der Waals surface area contributed by atoms with Crippen LogP contribution in [0.25, 0.3) is 0 Å². The van der Waals surface area contributed by atoms with Crippen molar-refractivity contribution in [3.05, 3.63) is 48.3 Å². The van der Waals surface area contributed by atoms with Gasteiger partial charge in [0.2, 0.25) is 17.8 Å². The molecule has 1 aliphatic rings. The zero-order chi connectivity index (χ0) is 20.1. The fourth-order valence-electron chi connectivity index (χ4n) is 3.27. The van der Waals surface area contributed by atoms with E-state index in [-0.39, 0.29) is 18.4 Å². The van der Waals surface area contributed by atoms with Crippen LogP contribution in [0.15, 0.2) is 42.7 Å².